The number of ether oxygens (including phenoxy) is 1. The van der Waals surface area contributed by atoms with Crippen molar-refractivity contribution < 1.29 is 17.9 Å². The number of aryl methyl sites for hydroxylation is 1. The molecule has 0 spiro atoms. The summed E-state index contributed by atoms with van der Waals surface area (Å²) in [6, 6.07) is 21.2. The summed E-state index contributed by atoms with van der Waals surface area (Å²) in [6.45, 7) is 0.458. The number of nitrogens with zero attached hydrogens (tertiary/aromatic N) is 1. The Morgan fingerprint density at radius 3 is 2.42 bits per heavy atom. The van der Waals surface area contributed by atoms with Crippen LogP contribution in [0.2, 0.25) is 0 Å². The first-order chi connectivity index (χ1) is 15.0. The van der Waals surface area contributed by atoms with Crippen molar-refractivity contribution in [3.63, 3.8) is 0 Å². The van der Waals surface area contributed by atoms with Gasteiger partial charge in [-0.3, -0.25) is 9.10 Å². The Kier molecular flexibility index (Phi) is 5.95. The molecule has 3 aromatic rings. The summed E-state index contributed by atoms with van der Waals surface area (Å²) in [7, 11) is -2.07. The summed E-state index contributed by atoms with van der Waals surface area (Å²) < 4.78 is 33.0. The predicted molar refractivity (Wildman–Crippen MR) is 121 cm³/mol. The molecule has 160 valence electrons. The fraction of sp³-hybridized carbons (Fsp3) is 0.208. The fourth-order valence-electron chi connectivity index (χ4n) is 3.72. The highest BCUT2D eigenvalue weighted by atomic mass is 32.2. The maximum absolute atomic E-state index is 13.2. The summed E-state index contributed by atoms with van der Waals surface area (Å²) >= 11 is 0. The number of para-hydroxylation sites is 1. The van der Waals surface area contributed by atoms with Crippen LogP contribution in [0.25, 0.3) is 0 Å². The molecule has 1 amide bonds. The Labute approximate surface area is 182 Å². The first-order valence-corrected chi connectivity index (χ1v) is 11.5. The van der Waals surface area contributed by atoms with Gasteiger partial charge in [0, 0.05) is 12.2 Å². The summed E-state index contributed by atoms with van der Waals surface area (Å²) in [6.07, 6.45) is 1.88. The standard InChI is InChI=1S/C24H24N2O4S/c1-30-21-12-8-18(9-13-21)17-24(27)25-20-10-14-22(15-11-20)31(28,29)26-16-4-6-19-5-2-3-7-23(19)26/h2-3,5,7-15H,4,6,16-17H2,1H3,(H,25,27). The van der Waals surface area contributed by atoms with Gasteiger partial charge in [0.15, 0.2) is 0 Å². The lowest BCUT2D eigenvalue weighted by molar-refractivity contribution is -0.115. The predicted octanol–water partition coefficient (Wildman–Crippen LogP) is 4.02. The molecule has 4 rings (SSSR count). The lowest BCUT2D eigenvalue weighted by Crippen LogP contribution is -2.35. The molecule has 1 aliphatic rings. The van der Waals surface area contributed by atoms with Gasteiger partial charge < -0.3 is 10.1 Å². The van der Waals surface area contributed by atoms with Crippen molar-refractivity contribution in [1.29, 1.82) is 0 Å². The SMILES string of the molecule is COc1ccc(CC(=O)Nc2ccc(S(=O)(=O)N3CCCc4ccccc43)cc2)cc1. The van der Waals surface area contributed by atoms with E-state index in [0.29, 0.717) is 12.2 Å². The van der Waals surface area contributed by atoms with Crippen molar-refractivity contribution in [2.24, 2.45) is 0 Å². The number of amides is 1. The molecule has 0 fully saturated rings. The minimum absolute atomic E-state index is 0.175. The van der Waals surface area contributed by atoms with E-state index in [9.17, 15) is 13.2 Å². The number of nitrogens with one attached hydrogen (secondary N) is 1. The van der Waals surface area contributed by atoms with Crippen LogP contribution < -0.4 is 14.4 Å². The van der Waals surface area contributed by atoms with Crippen LogP contribution in [0.1, 0.15) is 17.5 Å². The monoisotopic (exact) mass is 436 g/mol. The smallest absolute Gasteiger partial charge is 0.264 e. The molecule has 1 aliphatic heterocycles. The third-order valence-corrected chi connectivity index (χ3v) is 7.14. The second-order valence-electron chi connectivity index (χ2n) is 7.41. The van der Waals surface area contributed by atoms with E-state index in [1.165, 1.54) is 16.4 Å². The molecule has 6 nitrogen and oxygen atoms in total. The van der Waals surface area contributed by atoms with E-state index in [4.69, 9.17) is 4.74 Å². The number of methoxy groups -OCH3 is 1. The first-order valence-electron chi connectivity index (χ1n) is 10.1. The van der Waals surface area contributed by atoms with Crippen LogP contribution in [0.4, 0.5) is 11.4 Å². The van der Waals surface area contributed by atoms with Crippen molar-refractivity contribution in [2.75, 3.05) is 23.3 Å². The minimum atomic E-state index is -3.67. The van der Waals surface area contributed by atoms with Crippen LogP contribution in [0, 0.1) is 0 Å². The number of benzene rings is 3. The van der Waals surface area contributed by atoms with Gasteiger partial charge in [-0.05, 0) is 66.4 Å². The molecule has 0 aromatic heterocycles. The van der Waals surface area contributed by atoms with Crippen molar-refractivity contribution in [1.82, 2.24) is 0 Å². The number of carbonyl (C=O) groups excluding carboxylic acids is 1. The molecular weight excluding hydrogens is 412 g/mol. The number of fused-ring (bicyclic) bond motifs is 1. The molecule has 1 N–H and O–H groups in total. The molecule has 0 bridgehead atoms. The molecule has 1 heterocycles. The normalized spacial score (nSPS) is 13.4. The zero-order valence-corrected chi connectivity index (χ0v) is 18.1. The van der Waals surface area contributed by atoms with Gasteiger partial charge >= 0.3 is 0 Å². The summed E-state index contributed by atoms with van der Waals surface area (Å²) in [5, 5.41) is 2.81. The van der Waals surface area contributed by atoms with Gasteiger partial charge in [0.2, 0.25) is 5.91 Å². The molecule has 7 heteroatoms. The van der Waals surface area contributed by atoms with E-state index >= 15 is 0 Å². The topological polar surface area (TPSA) is 75.7 Å². The summed E-state index contributed by atoms with van der Waals surface area (Å²) in [5.74, 6) is 0.558. The number of hydrogen-bond acceptors (Lipinski definition) is 4. The summed E-state index contributed by atoms with van der Waals surface area (Å²) in [4.78, 5) is 12.5. The van der Waals surface area contributed by atoms with Crippen LogP contribution in [0.15, 0.2) is 77.7 Å². The van der Waals surface area contributed by atoms with Crippen molar-refractivity contribution in [3.8, 4) is 5.75 Å². The van der Waals surface area contributed by atoms with E-state index in [-0.39, 0.29) is 17.2 Å². The van der Waals surface area contributed by atoms with Gasteiger partial charge in [-0.25, -0.2) is 8.42 Å². The second kappa shape index (κ2) is 8.81. The van der Waals surface area contributed by atoms with Gasteiger partial charge in [-0.1, -0.05) is 30.3 Å². The molecule has 0 saturated carbocycles. The average Bonchev–Trinajstić information content (AvgIpc) is 2.79. The number of carbonyl (C=O) groups is 1. The Hall–Kier alpha value is -3.32. The number of sulfonamides is 1. The molecule has 31 heavy (non-hydrogen) atoms. The van der Waals surface area contributed by atoms with Crippen LogP contribution in [-0.4, -0.2) is 28.0 Å². The Bertz CT molecular complexity index is 1170. The van der Waals surface area contributed by atoms with Crippen LogP contribution in [0.5, 0.6) is 5.75 Å². The van der Waals surface area contributed by atoms with Crippen LogP contribution in [0.3, 0.4) is 0 Å². The van der Waals surface area contributed by atoms with Gasteiger partial charge in [0.05, 0.1) is 24.1 Å². The fourth-order valence-corrected chi connectivity index (χ4v) is 5.26. The van der Waals surface area contributed by atoms with Crippen molar-refractivity contribution in [2.45, 2.75) is 24.2 Å². The largest absolute Gasteiger partial charge is 0.497 e. The molecular formula is C24H24N2O4S. The zero-order chi connectivity index (χ0) is 21.8. The van der Waals surface area contributed by atoms with E-state index in [0.717, 1.165) is 35.4 Å². The van der Waals surface area contributed by atoms with Crippen molar-refractivity contribution >= 4 is 27.3 Å². The maximum Gasteiger partial charge on any atom is 0.264 e. The average molecular weight is 437 g/mol. The van der Waals surface area contributed by atoms with Gasteiger partial charge in [0.1, 0.15) is 5.75 Å². The van der Waals surface area contributed by atoms with E-state index in [1.807, 2.05) is 36.4 Å². The molecule has 0 radical (unpaired) electrons. The number of anilines is 2. The van der Waals surface area contributed by atoms with Gasteiger partial charge in [-0.2, -0.15) is 0 Å². The number of hydrogen-bond donors (Lipinski definition) is 1. The number of rotatable bonds is 6. The minimum Gasteiger partial charge on any atom is -0.497 e. The van der Waals surface area contributed by atoms with Crippen LogP contribution in [-0.2, 0) is 27.7 Å². The van der Waals surface area contributed by atoms with E-state index in [1.54, 1.807) is 31.4 Å². The second-order valence-corrected chi connectivity index (χ2v) is 9.27. The highest BCUT2D eigenvalue weighted by molar-refractivity contribution is 7.92. The van der Waals surface area contributed by atoms with E-state index < -0.39 is 10.0 Å². The summed E-state index contributed by atoms with van der Waals surface area (Å²) in [5.41, 5.74) is 3.20. The first kappa shape index (κ1) is 20.9. The molecule has 0 unspecified atom stereocenters. The molecule has 0 atom stereocenters. The third kappa shape index (κ3) is 4.56. The molecule has 0 aliphatic carbocycles. The lowest BCUT2D eigenvalue weighted by Gasteiger charge is -2.30. The van der Waals surface area contributed by atoms with Crippen LogP contribution >= 0.6 is 0 Å². The highest BCUT2D eigenvalue weighted by Gasteiger charge is 2.28. The van der Waals surface area contributed by atoms with Gasteiger partial charge in [0.25, 0.3) is 10.0 Å². The molecule has 0 saturated heterocycles. The third-order valence-electron chi connectivity index (χ3n) is 5.32. The zero-order valence-electron chi connectivity index (χ0n) is 17.2. The Morgan fingerprint density at radius 2 is 1.71 bits per heavy atom. The molecule has 3 aromatic carbocycles. The van der Waals surface area contributed by atoms with E-state index in [2.05, 4.69) is 5.32 Å². The maximum atomic E-state index is 13.2. The lowest BCUT2D eigenvalue weighted by atomic mass is 10.0. The van der Waals surface area contributed by atoms with Gasteiger partial charge in [-0.15, -0.1) is 0 Å². The quantitative estimate of drug-likeness (QED) is 0.633. The highest BCUT2D eigenvalue weighted by Crippen LogP contribution is 2.32. The van der Waals surface area contributed by atoms with Crippen molar-refractivity contribution in [3.05, 3.63) is 83.9 Å². The Balaban J connectivity index is 1.46. The Morgan fingerprint density at radius 1 is 1.00 bits per heavy atom.